The van der Waals surface area contributed by atoms with Gasteiger partial charge in [-0.2, -0.15) is 0 Å². The second-order valence-corrected chi connectivity index (χ2v) is 5.64. The van der Waals surface area contributed by atoms with Crippen LogP contribution in [0.25, 0.3) is 0 Å². The minimum atomic E-state index is 0.772. The summed E-state index contributed by atoms with van der Waals surface area (Å²) in [5, 5.41) is 3.62. The third kappa shape index (κ3) is 5.31. The van der Waals surface area contributed by atoms with Crippen LogP contribution in [0, 0.1) is 17.8 Å². The van der Waals surface area contributed by atoms with Crippen molar-refractivity contribution in [1.29, 1.82) is 0 Å². The Balaban J connectivity index is 2.13. The average molecular weight is 227 g/mol. The molecule has 0 aromatic heterocycles. The van der Waals surface area contributed by atoms with Gasteiger partial charge in [-0.05, 0) is 50.1 Å². The number of hydrogen-bond acceptors (Lipinski definition) is 2. The highest BCUT2D eigenvalue weighted by Crippen LogP contribution is 2.34. The van der Waals surface area contributed by atoms with Gasteiger partial charge in [0.15, 0.2) is 0 Å². The Hall–Kier alpha value is -0.0800. The fourth-order valence-electron chi connectivity index (χ4n) is 2.81. The summed E-state index contributed by atoms with van der Waals surface area (Å²) >= 11 is 0. The summed E-state index contributed by atoms with van der Waals surface area (Å²) in [5.41, 5.74) is 0. The van der Waals surface area contributed by atoms with Gasteiger partial charge in [0.25, 0.3) is 0 Å². The Kier molecular flexibility index (Phi) is 7.06. The van der Waals surface area contributed by atoms with Crippen molar-refractivity contribution >= 4 is 0 Å². The lowest BCUT2D eigenvalue weighted by molar-refractivity contribution is 0.182. The molecule has 0 bridgehead atoms. The summed E-state index contributed by atoms with van der Waals surface area (Å²) in [6, 6.07) is 0. The standard InChI is InChI=1S/C14H29NO/c1-12(2)10-15-11-14-7-4-6-13(14)8-5-9-16-3/h12-15H,4-11H2,1-3H3. The lowest BCUT2D eigenvalue weighted by atomic mass is 9.91. The van der Waals surface area contributed by atoms with Crippen LogP contribution < -0.4 is 5.32 Å². The summed E-state index contributed by atoms with van der Waals surface area (Å²) in [6.45, 7) is 7.88. The highest BCUT2D eigenvalue weighted by Gasteiger charge is 2.26. The van der Waals surface area contributed by atoms with Crippen molar-refractivity contribution in [3.63, 3.8) is 0 Å². The van der Waals surface area contributed by atoms with Gasteiger partial charge in [0.2, 0.25) is 0 Å². The van der Waals surface area contributed by atoms with Crippen LogP contribution in [0.15, 0.2) is 0 Å². The van der Waals surface area contributed by atoms with E-state index >= 15 is 0 Å². The zero-order valence-corrected chi connectivity index (χ0v) is 11.3. The molecule has 1 aliphatic rings. The van der Waals surface area contributed by atoms with E-state index in [9.17, 15) is 0 Å². The lowest BCUT2D eigenvalue weighted by Gasteiger charge is -2.20. The Labute approximate surface area is 101 Å². The number of rotatable bonds is 8. The zero-order valence-electron chi connectivity index (χ0n) is 11.3. The zero-order chi connectivity index (χ0) is 11.8. The van der Waals surface area contributed by atoms with E-state index in [0.717, 1.165) is 24.4 Å². The van der Waals surface area contributed by atoms with Gasteiger partial charge in [-0.15, -0.1) is 0 Å². The number of methoxy groups -OCH3 is 1. The fraction of sp³-hybridized carbons (Fsp3) is 1.00. The van der Waals surface area contributed by atoms with Crippen LogP contribution in [0.3, 0.4) is 0 Å². The molecular weight excluding hydrogens is 198 g/mol. The largest absolute Gasteiger partial charge is 0.385 e. The molecule has 1 aliphatic carbocycles. The highest BCUT2D eigenvalue weighted by atomic mass is 16.5. The van der Waals surface area contributed by atoms with E-state index in [1.165, 1.54) is 45.2 Å². The first-order valence-corrected chi connectivity index (χ1v) is 6.93. The van der Waals surface area contributed by atoms with Crippen molar-refractivity contribution in [2.45, 2.75) is 46.0 Å². The number of hydrogen-bond donors (Lipinski definition) is 1. The molecule has 0 saturated heterocycles. The molecular formula is C14H29NO. The molecule has 0 aromatic carbocycles. The first kappa shape index (κ1) is 14.0. The van der Waals surface area contributed by atoms with Crippen molar-refractivity contribution in [2.75, 3.05) is 26.8 Å². The van der Waals surface area contributed by atoms with Crippen LogP contribution in [0.4, 0.5) is 0 Å². The number of ether oxygens (including phenoxy) is 1. The molecule has 16 heavy (non-hydrogen) atoms. The van der Waals surface area contributed by atoms with Crippen molar-refractivity contribution in [2.24, 2.45) is 17.8 Å². The molecule has 2 nitrogen and oxygen atoms in total. The second-order valence-electron chi connectivity index (χ2n) is 5.64. The van der Waals surface area contributed by atoms with Crippen LogP contribution >= 0.6 is 0 Å². The molecule has 96 valence electrons. The molecule has 0 amide bonds. The molecule has 2 heteroatoms. The Morgan fingerprint density at radius 2 is 2.00 bits per heavy atom. The summed E-state index contributed by atoms with van der Waals surface area (Å²) in [5.74, 6) is 2.65. The van der Waals surface area contributed by atoms with Crippen molar-refractivity contribution < 1.29 is 4.74 Å². The van der Waals surface area contributed by atoms with E-state index in [-0.39, 0.29) is 0 Å². The van der Waals surface area contributed by atoms with Crippen molar-refractivity contribution in [1.82, 2.24) is 5.32 Å². The first-order chi connectivity index (χ1) is 7.74. The third-order valence-corrected chi connectivity index (χ3v) is 3.70. The SMILES string of the molecule is COCCCC1CCCC1CNCC(C)C. The van der Waals surface area contributed by atoms with Gasteiger partial charge in [-0.3, -0.25) is 0 Å². The van der Waals surface area contributed by atoms with Crippen LogP contribution in [-0.4, -0.2) is 26.8 Å². The minimum absolute atomic E-state index is 0.772. The van der Waals surface area contributed by atoms with Gasteiger partial charge >= 0.3 is 0 Å². The molecule has 0 aromatic rings. The third-order valence-electron chi connectivity index (χ3n) is 3.70. The van der Waals surface area contributed by atoms with E-state index in [4.69, 9.17) is 4.74 Å². The highest BCUT2D eigenvalue weighted by molar-refractivity contribution is 4.79. The normalized spacial score (nSPS) is 25.5. The van der Waals surface area contributed by atoms with Gasteiger partial charge in [0.05, 0.1) is 0 Å². The maximum absolute atomic E-state index is 5.13. The maximum atomic E-state index is 5.13. The predicted molar refractivity (Wildman–Crippen MR) is 69.6 cm³/mol. The van der Waals surface area contributed by atoms with E-state index < -0.39 is 0 Å². The molecule has 0 spiro atoms. The molecule has 0 aliphatic heterocycles. The Bertz CT molecular complexity index is 170. The molecule has 2 atom stereocenters. The summed E-state index contributed by atoms with van der Waals surface area (Å²) in [7, 11) is 1.80. The molecule has 1 saturated carbocycles. The van der Waals surface area contributed by atoms with Gasteiger partial charge in [-0.1, -0.05) is 26.7 Å². The maximum Gasteiger partial charge on any atom is 0.0462 e. The van der Waals surface area contributed by atoms with Gasteiger partial charge in [0.1, 0.15) is 0 Å². The fourth-order valence-corrected chi connectivity index (χ4v) is 2.81. The monoisotopic (exact) mass is 227 g/mol. The van der Waals surface area contributed by atoms with E-state index in [2.05, 4.69) is 19.2 Å². The average Bonchev–Trinajstić information content (AvgIpc) is 2.66. The quantitative estimate of drug-likeness (QED) is 0.643. The van der Waals surface area contributed by atoms with E-state index in [0.29, 0.717) is 0 Å². The lowest BCUT2D eigenvalue weighted by Crippen LogP contribution is -2.28. The smallest absolute Gasteiger partial charge is 0.0462 e. The summed E-state index contributed by atoms with van der Waals surface area (Å²) in [6.07, 6.45) is 6.91. The number of nitrogens with one attached hydrogen (secondary N) is 1. The van der Waals surface area contributed by atoms with Crippen molar-refractivity contribution in [3.05, 3.63) is 0 Å². The van der Waals surface area contributed by atoms with Crippen LogP contribution in [0.2, 0.25) is 0 Å². The molecule has 1 fully saturated rings. The minimum Gasteiger partial charge on any atom is -0.385 e. The van der Waals surface area contributed by atoms with E-state index in [1.54, 1.807) is 7.11 Å². The second kappa shape index (κ2) is 8.08. The Morgan fingerprint density at radius 3 is 2.69 bits per heavy atom. The molecule has 1 rings (SSSR count). The Morgan fingerprint density at radius 1 is 1.25 bits per heavy atom. The first-order valence-electron chi connectivity index (χ1n) is 6.93. The van der Waals surface area contributed by atoms with Gasteiger partial charge in [0, 0.05) is 13.7 Å². The van der Waals surface area contributed by atoms with E-state index in [1.807, 2.05) is 0 Å². The molecule has 1 N–H and O–H groups in total. The van der Waals surface area contributed by atoms with Gasteiger partial charge in [-0.25, -0.2) is 0 Å². The van der Waals surface area contributed by atoms with Crippen LogP contribution in [0.5, 0.6) is 0 Å². The molecule has 0 heterocycles. The summed E-state index contributed by atoms with van der Waals surface area (Å²) < 4.78 is 5.13. The predicted octanol–water partition coefficient (Wildman–Crippen LogP) is 3.07. The summed E-state index contributed by atoms with van der Waals surface area (Å²) in [4.78, 5) is 0. The van der Waals surface area contributed by atoms with Crippen LogP contribution in [0.1, 0.15) is 46.0 Å². The van der Waals surface area contributed by atoms with Crippen LogP contribution in [-0.2, 0) is 4.74 Å². The topological polar surface area (TPSA) is 21.3 Å². The van der Waals surface area contributed by atoms with Crippen molar-refractivity contribution in [3.8, 4) is 0 Å². The molecule has 0 radical (unpaired) electrons. The molecule has 2 unspecified atom stereocenters. The van der Waals surface area contributed by atoms with Gasteiger partial charge < -0.3 is 10.1 Å².